The Labute approximate surface area is 73.8 Å². The summed E-state index contributed by atoms with van der Waals surface area (Å²) in [5, 5.41) is 0. The molecule has 1 fully saturated rings. The molecule has 0 aliphatic heterocycles. The van der Waals surface area contributed by atoms with Crippen LogP contribution in [0.25, 0.3) is 0 Å². The summed E-state index contributed by atoms with van der Waals surface area (Å²) in [6.45, 7) is 2.28. The zero-order valence-electron chi connectivity index (χ0n) is 7.68. The lowest BCUT2D eigenvalue weighted by Gasteiger charge is -2.41. The molecule has 0 aromatic carbocycles. The van der Waals surface area contributed by atoms with E-state index in [-0.39, 0.29) is 0 Å². The quantitative estimate of drug-likeness (QED) is 0.538. The van der Waals surface area contributed by atoms with Crippen molar-refractivity contribution >= 4 is 5.78 Å². The summed E-state index contributed by atoms with van der Waals surface area (Å²) in [5.74, 6) is 0.722. The van der Waals surface area contributed by atoms with Gasteiger partial charge in [0.25, 0.3) is 0 Å². The molecule has 0 aromatic rings. The van der Waals surface area contributed by atoms with Crippen LogP contribution in [0.15, 0.2) is 12.2 Å². The highest BCUT2D eigenvalue weighted by Gasteiger charge is 2.40. The lowest BCUT2D eigenvalue weighted by molar-refractivity contribution is -0.124. The first-order valence-electron chi connectivity index (χ1n) is 4.93. The fourth-order valence-corrected chi connectivity index (χ4v) is 2.69. The second-order valence-corrected chi connectivity index (χ2v) is 4.46. The average Bonchev–Trinajstić information content (AvgIpc) is 2.04. The van der Waals surface area contributed by atoms with Gasteiger partial charge in [-0.15, -0.1) is 0 Å². The molecule has 1 nitrogen and oxygen atoms in total. The van der Waals surface area contributed by atoms with Gasteiger partial charge in [0.05, 0.1) is 0 Å². The third-order valence-corrected chi connectivity index (χ3v) is 3.54. The maximum Gasteiger partial charge on any atom is 0.158 e. The van der Waals surface area contributed by atoms with Crippen LogP contribution < -0.4 is 0 Å². The third kappa shape index (κ3) is 1.12. The van der Waals surface area contributed by atoms with Crippen molar-refractivity contribution in [3.05, 3.63) is 12.2 Å². The molecule has 0 bridgehead atoms. The van der Waals surface area contributed by atoms with E-state index in [0.29, 0.717) is 17.1 Å². The molecule has 2 aliphatic rings. The van der Waals surface area contributed by atoms with Crippen LogP contribution in [0, 0.1) is 11.3 Å². The van der Waals surface area contributed by atoms with Gasteiger partial charge < -0.3 is 0 Å². The van der Waals surface area contributed by atoms with E-state index in [1.165, 1.54) is 19.3 Å². The molecule has 2 aliphatic carbocycles. The Morgan fingerprint density at radius 2 is 2.33 bits per heavy atom. The van der Waals surface area contributed by atoms with Crippen molar-refractivity contribution in [1.29, 1.82) is 0 Å². The molecule has 0 heterocycles. The molecule has 0 spiro atoms. The van der Waals surface area contributed by atoms with Crippen LogP contribution >= 0.6 is 0 Å². The van der Waals surface area contributed by atoms with Gasteiger partial charge in [0, 0.05) is 5.92 Å². The highest BCUT2D eigenvalue weighted by Crippen LogP contribution is 2.46. The molecule has 0 radical (unpaired) electrons. The van der Waals surface area contributed by atoms with Crippen molar-refractivity contribution < 1.29 is 4.79 Å². The maximum atomic E-state index is 11.5. The first-order chi connectivity index (χ1) is 5.72. The fourth-order valence-electron chi connectivity index (χ4n) is 2.69. The van der Waals surface area contributed by atoms with Gasteiger partial charge in [-0.3, -0.25) is 4.79 Å². The zero-order valence-corrected chi connectivity index (χ0v) is 7.68. The van der Waals surface area contributed by atoms with Gasteiger partial charge >= 0.3 is 0 Å². The van der Waals surface area contributed by atoms with Crippen molar-refractivity contribution in [2.45, 2.75) is 39.0 Å². The third-order valence-electron chi connectivity index (χ3n) is 3.54. The number of hydrogen-bond acceptors (Lipinski definition) is 1. The van der Waals surface area contributed by atoms with E-state index in [4.69, 9.17) is 0 Å². The molecular formula is C11H16O. The molecule has 0 unspecified atom stereocenters. The van der Waals surface area contributed by atoms with Crippen LogP contribution in [0.2, 0.25) is 0 Å². The van der Waals surface area contributed by atoms with Gasteiger partial charge in [0.15, 0.2) is 5.78 Å². The SMILES string of the molecule is C[C@@]12CC=CC(=O)[C@@H]1CCCC2. The zero-order chi connectivity index (χ0) is 8.60. The summed E-state index contributed by atoms with van der Waals surface area (Å²) < 4.78 is 0. The summed E-state index contributed by atoms with van der Waals surface area (Å²) in [4.78, 5) is 11.5. The highest BCUT2D eigenvalue weighted by molar-refractivity contribution is 5.93. The molecule has 2 rings (SSSR count). The van der Waals surface area contributed by atoms with Crippen molar-refractivity contribution in [1.82, 2.24) is 0 Å². The summed E-state index contributed by atoms with van der Waals surface area (Å²) in [5.41, 5.74) is 0.310. The van der Waals surface area contributed by atoms with Crippen LogP contribution in [0.5, 0.6) is 0 Å². The maximum absolute atomic E-state index is 11.5. The number of fused-ring (bicyclic) bond motifs is 1. The number of carbonyl (C=O) groups is 1. The van der Waals surface area contributed by atoms with E-state index < -0.39 is 0 Å². The lowest BCUT2D eigenvalue weighted by atomic mass is 9.62. The van der Waals surface area contributed by atoms with E-state index >= 15 is 0 Å². The van der Waals surface area contributed by atoms with E-state index in [2.05, 4.69) is 13.0 Å². The second kappa shape index (κ2) is 2.72. The van der Waals surface area contributed by atoms with Gasteiger partial charge in [-0.2, -0.15) is 0 Å². The van der Waals surface area contributed by atoms with E-state index in [1.807, 2.05) is 0 Å². The van der Waals surface area contributed by atoms with Crippen molar-refractivity contribution in [2.75, 3.05) is 0 Å². The summed E-state index contributed by atoms with van der Waals surface area (Å²) in [6.07, 6.45) is 9.90. The number of ketones is 1. The summed E-state index contributed by atoms with van der Waals surface area (Å²) >= 11 is 0. The van der Waals surface area contributed by atoms with Crippen LogP contribution in [-0.2, 0) is 4.79 Å². The number of carbonyl (C=O) groups excluding carboxylic acids is 1. The Kier molecular flexibility index (Phi) is 1.82. The number of rotatable bonds is 0. The highest BCUT2D eigenvalue weighted by atomic mass is 16.1. The topological polar surface area (TPSA) is 17.1 Å². The van der Waals surface area contributed by atoms with E-state index in [9.17, 15) is 4.79 Å². The molecule has 0 amide bonds. The normalized spacial score (nSPS) is 41.1. The van der Waals surface area contributed by atoms with Crippen LogP contribution in [0.3, 0.4) is 0 Å². The van der Waals surface area contributed by atoms with Crippen LogP contribution in [0.1, 0.15) is 39.0 Å². The van der Waals surface area contributed by atoms with E-state index in [0.717, 1.165) is 12.8 Å². The lowest BCUT2D eigenvalue weighted by Crippen LogP contribution is -2.37. The molecular weight excluding hydrogens is 148 g/mol. The molecule has 2 atom stereocenters. The van der Waals surface area contributed by atoms with Gasteiger partial charge in [-0.25, -0.2) is 0 Å². The van der Waals surface area contributed by atoms with Gasteiger partial charge in [-0.1, -0.05) is 25.8 Å². The molecule has 0 saturated heterocycles. The number of hydrogen-bond donors (Lipinski definition) is 0. The first kappa shape index (κ1) is 8.03. The molecule has 66 valence electrons. The smallest absolute Gasteiger partial charge is 0.158 e. The summed E-state index contributed by atoms with van der Waals surface area (Å²) in [7, 11) is 0. The minimum atomic E-state index is 0.310. The van der Waals surface area contributed by atoms with Crippen LogP contribution in [0.4, 0.5) is 0 Å². The predicted molar refractivity (Wildman–Crippen MR) is 48.8 cm³/mol. The Hall–Kier alpha value is -0.590. The molecule has 12 heavy (non-hydrogen) atoms. The molecule has 0 N–H and O–H groups in total. The minimum absolute atomic E-state index is 0.310. The predicted octanol–water partition coefficient (Wildman–Crippen LogP) is 2.71. The summed E-state index contributed by atoms with van der Waals surface area (Å²) in [6, 6.07) is 0. The first-order valence-corrected chi connectivity index (χ1v) is 4.93. The van der Waals surface area contributed by atoms with Crippen molar-refractivity contribution in [3.63, 3.8) is 0 Å². The second-order valence-electron chi connectivity index (χ2n) is 4.46. The minimum Gasteiger partial charge on any atom is -0.295 e. The monoisotopic (exact) mass is 164 g/mol. The molecule has 1 saturated carbocycles. The van der Waals surface area contributed by atoms with Crippen LogP contribution in [-0.4, -0.2) is 5.78 Å². The van der Waals surface area contributed by atoms with Crippen molar-refractivity contribution in [2.24, 2.45) is 11.3 Å². The standard InChI is InChI=1S/C11H16O/c1-11-7-3-2-5-9(11)10(12)6-4-8-11/h4,6,9H,2-3,5,7-8H2,1H3/t9-,11+/m0/s1. The number of allylic oxidation sites excluding steroid dienone is 2. The molecule has 1 heteroatoms. The Balaban J connectivity index is 2.26. The Bertz CT molecular complexity index is 229. The average molecular weight is 164 g/mol. The van der Waals surface area contributed by atoms with Gasteiger partial charge in [0.1, 0.15) is 0 Å². The fraction of sp³-hybridized carbons (Fsp3) is 0.727. The Morgan fingerprint density at radius 3 is 3.08 bits per heavy atom. The van der Waals surface area contributed by atoms with Gasteiger partial charge in [-0.05, 0) is 30.8 Å². The molecule has 0 aromatic heterocycles. The van der Waals surface area contributed by atoms with Gasteiger partial charge in [0.2, 0.25) is 0 Å². The largest absolute Gasteiger partial charge is 0.295 e. The Morgan fingerprint density at radius 1 is 1.50 bits per heavy atom. The van der Waals surface area contributed by atoms with E-state index in [1.54, 1.807) is 6.08 Å². The van der Waals surface area contributed by atoms with Crippen molar-refractivity contribution in [3.8, 4) is 0 Å².